The van der Waals surface area contributed by atoms with Crippen LogP contribution in [0.3, 0.4) is 0 Å². The van der Waals surface area contributed by atoms with Crippen molar-refractivity contribution in [1.82, 2.24) is 0 Å². The predicted octanol–water partition coefficient (Wildman–Crippen LogP) is 4.27. The van der Waals surface area contributed by atoms with Crippen LogP contribution in [0.1, 0.15) is 90.9 Å². The standard InChI is InChI=1S/C18H37N.CHF3O3S/c1-3-5-7-8-9-10-11-12-15-19-16-14-18(17-19)13-6-4-2;2-1(3,4)8(5,6)7/h18H,3-17H2,1-2H3;(H,5,6,7). The van der Waals surface area contributed by atoms with Crippen molar-refractivity contribution in [3.8, 4) is 0 Å². The number of quaternary nitrogens is 1. The van der Waals surface area contributed by atoms with Gasteiger partial charge in [-0.3, -0.25) is 0 Å². The minimum atomic E-state index is -6.09. The van der Waals surface area contributed by atoms with E-state index in [0.717, 1.165) is 5.92 Å². The van der Waals surface area contributed by atoms with Crippen LogP contribution in [-0.2, 0) is 10.1 Å². The highest BCUT2D eigenvalue weighted by Crippen LogP contribution is 2.20. The Bertz CT molecular complexity index is 456. The maximum absolute atomic E-state index is 10.7. The molecule has 4 nitrogen and oxygen atoms in total. The number of unbranched alkanes of at least 4 members (excludes halogenated alkanes) is 8. The molecule has 0 aliphatic carbocycles. The van der Waals surface area contributed by atoms with Gasteiger partial charge in [0.2, 0.25) is 0 Å². The van der Waals surface area contributed by atoms with E-state index in [1.165, 1.54) is 96.7 Å². The molecule has 0 aromatic carbocycles. The van der Waals surface area contributed by atoms with Crippen molar-refractivity contribution in [3.63, 3.8) is 0 Å². The molecule has 1 fully saturated rings. The fraction of sp³-hybridized carbons (Fsp3) is 1.00. The molecule has 0 aromatic rings. The maximum atomic E-state index is 10.7. The van der Waals surface area contributed by atoms with E-state index in [0.29, 0.717) is 0 Å². The smallest absolute Gasteiger partial charge is 0.485 e. The van der Waals surface area contributed by atoms with Gasteiger partial charge >= 0.3 is 5.51 Å². The van der Waals surface area contributed by atoms with Crippen molar-refractivity contribution in [2.75, 3.05) is 19.6 Å². The van der Waals surface area contributed by atoms with Crippen molar-refractivity contribution in [2.24, 2.45) is 5.92 Å². The molecule has 0 spiro atoms. The Balaban J connectivity index is 0.000000713. The molecular formula is C19H38F3NO3S. The summed E-state index contributed by atoms with van der Waals surface area (Å²) in [7, 11) is -6.09. The quantitative estimate of drug-likeness (QED) is 0.293. The third kappa shape index (κ3) is 14.3. The molecular weight excluding hydrogens is 379 g/mol. The zero-order chi connectivity index (χ0) is 20.8. The number of halogens is 3. The lowest BCUT2D eigenvalue weighted by atomic mass is 10.0. The van der Waals surface area contributed by atoms with Gasteiger partial charge in [-0.15, -0.1) is 0 Å². The molecule has 2 unspecified atom stereocenters. The lowest BCUT2D eigenvalue weighted by Crippen LogP contribution is -3.10. The van der Waals surface area contributed by atoms with E-state index in [1.807, 2.05) is 4.90 Å². The summed E-state index contributed by atoms with van der Waals surface area (Å²) < 4.78 is 58.9. The van der Waals surface area contributed by atoms with Gasteiger partial charge in [-0.05, 0) is 19.3 Å². The van der Waals surface area contributed by atoms with Gasteiger partial charge in [0.25, 0.3) is 0 Å². The summed E-state index contributed by atoms with van der Waals surface area (Å²) in [5.41, 5.74) is -5.65. The lowest BCUT2D eigenvalue weighted by molar-refractivity contribution is -0.889. The van der Waals surface area contributed by atoms with E-state index >= 15 is 0 Å². The molecule has 1 aliphatic rings. The van der Waals surface area contributed by atoms with E-state index in [4.69, 9.17) is 13.0 Å². The molecule has 8 heteroatoms. The third-order valence-corrected chi connectivity index (χ3v) is 5.68. The van der Waals surface area contributed by atoms with Gasteiger partial charge in [0.1, 0.15) is 0 Å². The number of nitrogens with one attached hydrogen (secondary N) is 1. The van der Waals surface area contributed by atoms with Gasteiger partial charge in [0.15, 0.2) is 10.1 Å². The third-order valence-electron chi connectivity index (χ3n) is 5.12. The topological polar surface area (TPSA) is 61.6 Å². The monoisotopic (exact) mass is 417 g/mol. The highest BCUT2D eigenvalue weighted by molar-refractivity contribution is 7.86. The maximum Gasteiger partial charge on any atom is 0.485 e. The molecule has 1 rings (SSSR count). The van der Waals surface area contributed by atoms with Crippen LogP contribution >= 0.6 is 0 Å². The first-order valence-corrected chi connectivity index (χ1v) is 11.9. The average Bonchev–Trinajstić information content (AvgIpc) is 3.02. The molecule has 0 aromatic heterocycles. The van der Waals surface area contributed by atoms with Gasteiger partial charge in [-0.25, -0.2) is 8.42 Å². The molecule has 1 saturated heterocycles. The summed E-state index contributed by atoms with van der Waals surface area (Å²) in [6, 6.07) is 0. The van der Waals surface area contributed by atoms with Crippen LogP contribution in [0.15, 0.2) is 0 Å². The molecule has 2 atom stereocenters. The van der Waals surface area contributed by atoms with E-state index in [-0.39, 0.29) is 0 Å². The molecule has 27 heavy (non-hydrogen) atoms. The zero-order valence-electron chi connectivity index (χ0n) is 17.0. The van der Waals surface area contributed by atoms with Gasteiger partial charge < -0.3 is 9.45 Å². The Hall–Kier alpha value is -0.340. The van der Waals surface area contributed by atoms with E-state index in [9.17, 15) is 13.2 Å². The normalized spacial score (nSPS) is 20.4. The van der Waals surface area contributed by atoms with Crippen molar-refractivity contribution in [3.05, 3.63) is 0 Å². The van der Waals surface area contributed by atoms with Crippen LogP contribution in [0, 0.1) is 5.92 Å². The highest BCUT2D eigenvalue weighted by Gasteiger charge is 2.36. The minimum Gasteiger partial charge on any atom is -0.741 e. The SMILES string of the molecule is CCCCCCCCCC[NH+]1CCC(CCCC)C1.O=S(=O)([O-])C(F)(F)F. The Labute approximate surface area is 163 Å². The van der Waals surface area contributed by atoms with Gasteiger partial charge in [0, 0.05) is 12.3 Å². The molecule has 0 radical (unpaired) electrons. The fourth-order valence-electron chi connectivity index (χ4n) is 3.50. The van der Waals surface area contributed by atoms with Crippen LogP contribution in [0.5, 0.6) is 0 Å². The molecule has 164 valence electrons. The first-order valence-electron chi connectivity index (χ1n) is 10.5. The second-order valence-electron chi connectivity index (χ2n) is 7.63. The first kappa shape index (κ1) is 26.7. The summed E-state index contributed by atoms with van der Waals surface area (Å²) in [4.78, 5) is 1.91. The molecule has 1 N–H and O–H groups in total. The Morgan fingerprint density at radius 3 is 1.89 bits per heavy atom. The van der Waals surface area contributed by atoms with Crippen LogP contribution in [0.4, 0.5) is 13.2 Å². The lowest BCUT2D eigenvalue weighted by Gasteiger charge is -2.13. The van der Waals surface area contributed by atoms with Gasteiger partial charge in [-0.2, -0.15) is 13.2 Å². The van der Waals surface area contributed by atoms with Crippen molar-refractivity contribution < 1.29 is 31.0 Å². The summed E-state index contributed by atoms with van der Waals surface area (Å²) in [6.45, 7) is 9.02. The summed E-state index contributed by atoms with van der Waals surface area (Å²) >= 11 is 0. The number of alkyl halides is 3. The number of rotatable bonds is 12. The van der Waals surface area contributed by atoms with Crippen LogP contribution in [0.25, 0.3) is 0 Å². The molecule has 0 bridgehead atoms. The number of hydrogen-bond acceptors (Lipinski definition) is 3. The van der Waals surface area contributed by atoms with Crippen LogP contribution in [-0.4, -0.2) is 38.1 Å². The fourth-order valence-corrected chi connectivity index (χ4v) is 3.50. The van der Waals surface area contributed by atoms with Crippen molar-refractivity contribution >= 4 is 10.1 Å². The van der Waals surface area contributed by atoms with Gasteiger partial charge in [0.05, 0.1) is 19.6 Å². The van der Waals surface area contributed by atoms with E-state index in [2.05, 4.69) is 13.8 Å². The Kier molecular flexibility index (Phi) is 14.4. The Morgan fingerprint density at radius 1 is 0.926 bits per heavy atom. The highest BCUT2D eigenvalue weighted by atomic mass is 32.2. The van der Waals surface area contributed by atoms with E-state index in [1.54, 1.807) is 0 Å². The van der Waals surface area contributed by atoms with Crippen LogP contribution in [0.2, 0.25) is 0 Å². The minimum absolute atomic E-state index is 1.06. The molecule has 1 heterocycles. The molecule has 1 aliphatic heterocycles. The summed E-state index contributed by atoms with van der Waals surface area (Å²) in [5, 5.41) is 0. The second kappa shape index (κ2) is 14.6. The molecule has 0 saturated carbocycles. The largest absolute Gasteiger partial charge is 0.741 e. The predicted molar refractivity (Wildman–Crippen MR) is 102 cm³/mol. The van der Waals surface area contributed by atoms with Crippen molar-refractivity contribution in [2.45, 2.75) is 96.4 Å². The number of hydrogen-bond donors (Lipinski definition) is 1. The Morgan fingerprint density at radius 2 is 1.41 bits per heavy atom. The molecule has 0 amide bonds. The van der Waals surface area contributed by atoms with Crippen LogP contribution < -0.4 is 4.90 Å². The zero-order valence-corrected chi connectivity index (χ0v) is 17.8. The van der Waals surface area contributed by atoms with Gasteiger partial charge in [-0.1, -0.05) is 65.2 Å². The first-order chi connectivity index (χ1) is 12.6. The summed E-state index contributed by atoms with van der Waals surface area (Å²) in [5.74, 6) is 1.06. The summed E-state index contributed by atoms with van der Waals surface area (Å²) in [6.07, 6.45) is 17.5. The van der Waals surface area contributed by atoms with E-state index < -0.39 is 15.6 Å². The average molecular weight is 418 g/mol. The number of likely N-dealkylation sites (tertiary alicyclic amines) is 1. The second-order valence-corrected chi connectivity index (χ2v) is 9.00. The van der Waals surface area contributed by atoms with Crippen molar-refractivity contribution in [1.29, 1.82) is 0 Å².